The third-order valence-electron chi connectivity index (χ3n) is 1.26. The van der Waals surface area contributed by atoms with Gasteiger partial charge in [-0.2, -0.15) is 0 Å². The molecule has 11 heavy (non-hydrogen) atoms. The summed E-state index contributed by atoms with van der Waals surface area (Å²) in [6.07, 6.45) is -3.18. The molecule has 0 N–H and O–H groups in total. The molecule has 2 atom stereocenters. The molecule has 2 nitrogen and oxygen atoms in total. The van der Waals surface area contributed by atoms with E-state index in [1.54, 1.807) is 0 Å². The molecule has 60 valence electrons. The highest BCUT2D eigenvalue weighted by Gasteiger charge is 2.27. The predicted octanol–water partition coefficient (Wildman–Crippen LogP) is 2.18. The van der Waals surface area contributed by atoms with Crippen LogP contribution >= 0.6 is 0 Å². The van der Waals surface area contributed by atoms with Gasteiger partial charge in [-0.15, -0.1) is 4.91 Å². The van der Waals surface area contributed by atoms with Gasteiger partial charge in [-0.1, -0.05) is 0 Å². The first kappa shape index (κ1) is 7.97. The van der Waals surface area contributed by atoms with Gasteiger partial charge in [0.2, 0.25) is 0 Å². The van der Waals surface area contributed by atoms with Crippen molar-refractivity contribution in [2.45, 2.75) is 12.3 Å². The lowest BCUT2D eigenvalue weighted by Crippen LogP contribution is -2.18. The lowest BCUT2D eigenvalue weighted by Gasteiger charge is -2.11. The Hall–Kier alpha value is -1.13. The van der Waals surface area contributed by atoms with Crippen LogP contribution in [0.4, 0.5) is 13.2 Å². The number of hydrogen-bond acceptors (Lipinski definition) is 2. The van der Waals surface area contributed by atoms with Crippen molar-refractivity contribution in [1.82, 2.24) is 0 Å². The van der Waals surface area contributed by atoms with E-state index in [4.69, 9.17) is 0 Å². The second-order valence-corrected chi connectivity index (χ2v) is 2.06. The summed E-state index contributed by atoms with van der Waals surface area (Å²) in [4.78, 5) is 9.74. The molecule has 0 amide bonds. The van der Waals surface area contributed by atoms with Crippen molar-refractivity contribution in [2.75, 3.05) is 0 Å². The minimum atomic E-state index is -2.29. The average Bonchev–Trinajstić information content (AvgIpc) is 1.99. The van der Waals surface area contributed by atoms with Gasteiger partial charge in [-0.3, -0.25) is 0 Å². The van der Waals surface area contributed by atoms with E-state index in [0.717, 1.165) is 0 Å². The van der Waals surface area contributed by atoms with Gasteiger partial charge >= 0.3 is 0 Å². The molecule has 1 aliphatic carbocycles. The molecular formula is C6H4F3NO. The van der Waals surface area contributed by atoms with E-state index in [1.807, 2.05) is 0 Å². The SMILES string of the molecule is O=NC1=CC(F)C(F)C(F)=C1. The lowest BCUT2D eigenvalue weighted by atomic mass is 10.1. The monoisotopic (exact) mass is 163 g/mol. The number of rotatable bonds is 1. The van der Waals surface area contributed by atoms with Gasteiger partial charge in [0.1, 0.15) is 11.5 Å². The molecule has 0 fully saturated rings. The molecule has 0 aromatic carbocycles. The normalized spacial score (nSPS) is 30.8. The molecule has 5 heteroatoms. The van der Waals surface area contributed by atoms with Gasteiger partial charge in [0.15, 0.2) is 12.3 Å². The van der Waals surface area contributed by atoms with Crippen LogP contribution in [0.25, 0.3) is 0 Å². The number of hydrogen-bond donors (Lipinski definition) is 0. The summed E-state index contributed by atoms with van der Waals surface area (Å²) in [5.74, 6) is -1.30. The highest BCUT2D eigenvalue weighted by molar-refractivity contribution is 5.29. The van der Waals surface area contributed by atoms with Crippen molar-refractivity contribution < 1.29 is 13.2 Å². The van der Waals surface area contributed by atoms with E-state index in [1.165, 1.54) is 0 Å². The van der Waals surface area contributed by atoms with Crippen LogP contribution < -0.4 is 0 Å². The van der Waals surface area contributed by atoms with E-state index < -0.39 is 23.9 Å². The molecular weight excluding hydrogens is 159 g/mol. The van der Waals surface area contributed by atoms with Crippen molar-refractivity contribution in [3.63, 3.8) is 0 Å². The van der Waals surface area contributed by atoms with Gasteiger partial charge in [-0.05, 0) is 11.3 Å². The summed E-state index contributed by atoms with van der Waals surface area (Å²) in [6.45, 7) is 0. The van der Waals surface area contributed by atoms with Crippen molar-refractivity contribution in [1.29, 1.82) is 0 Å². The number of alkyl halides is 2. The van der Waals surface area contributed by atoms with Crippen LogP contribution in [0.1, 0.15) is 0 Å². The van der Waals surface area contributed by atoms with Crippen molar-refractivity contribution in [2.24, 2.45) is 5.18 Å². The number of nitroso groups, excluding NO2 is 1. The predicted molar refractivity (Wildman–Crippen MR) is 32.9 cm³/mol. The molecule has 0 radical (unpaired) electrons. The fourth-order valence-corrected chi connectivity index (χ4v) is 0.725. The van der Waals surface area contributed by atoms with Crippen LogP contribution in [0.15, 0.2) is 28.9 Å². The van der Waals surface area contributed by atoms with Crippen LogP contribution in [0, 0.1) is 4.91 Å². The summed E-state index contributed by atoms with van der Waals surface area (Å²) in [6, 6.07) is 0. The Bertz CT molecular complexity index is 236. The van der Waals surface area contributed by atoms with Gasteiger partial charge in [-0.25, -0.2) is 13.2 Å². The maximum Gasteiger partial charge on any atom is 0.186 e. The molecule has 0 aromatic rings. The topological polar surface area (TPSA) is 29.4 Å². The second-order valence-electron chi connectivity index (χ2n) is 2.06. The molecule has 1 rings (SSSR count). The van der Waals surface area contributed by atoms with Gasteiger partial charge in [0.25, 0.3) is 0 Å². The molecule has 0 aromatic heterocycles. The molecule has 0 spiro atoms. The molecule has 0 bridgehead atoms. The first-order valence-corrected chi connectivity index (χ1v) is 2.85. The Morgan fingerprint density at radius 3 is 2.55 bits per heavy atom. The molecule has 0 saturated carbocycles. The van der Waals surface area contributed by atoms with E-state index in [9.17, 15) is 18.1 Å². The summed E-state index contributed by atoms with van der Waals surface area (Å²) >= 11 is 0. The summed E-state index contributed by atoms with van der Waals surface area (Å²) in [7, 11) is 0. The summed E-state index contributed by atoms with van der Waals surface area (Å²) < 4.78 is 36.9. The molecule has 0 saturated heterocycles. The van der Waals surface area contributed by atoms with Crippen molar-refractivity contribution in [3.8, 4) is 0 Å². The molecule has 1 aliphatic rings. The highest BCUT2D eigenvalue weighted by Crippen LogP contribution is 2.24. The van der Waals surface area contributed by atoms with Crippen LogP contribution in [-0.4, -0.2) is 12.3 Å². The van der Waals surface area contributed by atoms with Crippen molar-refractivity contribution >= 4 is 0 Å². The first-order chi connectivity index (χ1) is 5.15. The first-order valence-electron chi connectivity index (χ1n) is 2.85. The number of halogens is 3. The summed E-state index contributed by atoms with van der Waals surface area (Å²) in [5.41, 5.74) is -0.413. The average molecular weight is 163 g/mol. The number of nitrogens with zero attached hydrogens (tertiary/aromatic N) is 1. The molecule has 0 heterocycles. The van der Waals surface area contributed by atoms with E-state index in [2.05, 4.69) is 5.18 Å². The Balaban J connectivity index is 2.90. The van der Waals surface area contributed by atoms with Crippen molar-refractivity contribution in [3.05, 3.63) is 28.6 Å². The third-order valence-corrected chi connectivity index (χ3v) is 1.26. The fourth-order valence-electron chi connectivity index (χ4n) is 0.725. The van der Waals surface area contributed by atoms with Gasteiger partial charge < -0.3 is 0 Å². The Labute approximate surface area is 60.4 Å². The summed E-state index contributed by atoms with van der Waals surface area (Å²) in [5, 5.41) is 2.27. The van der Waals surface area contributed by atoms with E-state index in [-0.39, 0.29) is 0 Å². The van der Waals surface area contributed by atoms with Crippen LogP contribution in [0.5, 0.6) is 0 Å². The zero-order chi connectivity index (χ0) is 8.43. The second kappa shape index (κ2) is 2.86. The quantitative estimate of drug-likeness (QED) is 0.544. The fraction of sp³-hybridized carbons (Fsp3) is 0.333. The maximum absolute atomic E-state index is 12.3. The standard InChI is InChI=1S/C6H4F3NO/c7-4-1-3(10-11)2-5(8)6(4)9/h1-2,4,6H. The minimum absolute atomic E-state index is 0.413. The smallest absolute Gasteiger partial charge is 0.186 e. The minimum Gasteiger partial charge on any atom is -0.239 e. The van der Waals surface area contributed by atoms with Crippen LogP contribution in [-0.2, 0) is 0 Å². The van der Waals surface area contributed by atoms with E-state index >= 15 is 0 Å². The lowest BCUT2D eigenvalue weighted by molar-refractivity contribution is 0.205. The molecule has 0 aliphatic heterocycles. The highest BCUT2D eigenvalue weighted by atomic mass is 19.2. The largest absolute Gasteiger partial charge is 0.239 e. The molecule has 2 unspecified atom stereocenters. The van der Waals surface area contributed by atoms with Gasteiger partial charge in [0, 0.05) is 6.08 Å². The van der Waals surface area contributed by atoms with Crippen LogP contribution in [0.3, 0.4) is 0 Å². The van der Waals surface area contributed by atoms with Gasteiger partial charge in [0.05, 0.1) is 0 Å². The van der Waals surface area contributed by atoms with E-state index in [0.29, 0.717) is 12.2 Å². The maximum atomic E-state index is 12.3. The zero-order valence-corrected chi connectivity index (χ0v) is 5.30. The Morgan fingerprint density at radius 1 is 1.45 bits per heavy atom. The zero-order valence-electron chi connectivity index (χ0n) is 5.30. The van der Waals surface area contributed by atoms with Crippen LogP contribution in [0.2, 0.25) is 0 Å². The Morgan fingerprint density at radius 2 is 2.09 bits per heavy atom. The third kappa shape index (κ3) is 1.47. The Kier molecular flexibility index (Phi) is 2.07. The number of allylic oxidation sites excluding steroid dienone is 3.